The minimum atomic E-state index is 0.0125. The van der Waals surface area contributed by atoms with Crippen LogP contribution in [0.3, 0.4) is 0 Å². The predicted octanol–water partition coefficient (Wildman–Crippen LogP) is 15.8. The lowest BCUT2D eigenvalue weighted by Gasteiger charge is -2.29. The quantitative estimate of drug-likeness (QED) is 0.151. The Balaban J connectivity index is 1.19. The molecular weight excluding hydrogens is 687 g/mol. The highest BCUT2D eigenvalue weighted by molar-refractivity contribution is 6.04. The van der Waals surface area contributed by atoms with Gasteiger partial charge in [0.2, 0.25) is 0 Å². The molecule has 0 N–H and O–H groups in total. The van der Waals surface area contributed by atoms with Gasteiger partial charge in [-0.05, 0) is 108 Å². The van der Waals surface area contributed by atoms with E-state index in [0.29, 0.717) is 16.8 Å². The number of fused-ring (bicyclic) bond motifs is 2. The highest BCUT2D eigenvalue weighted by Gasteiger charge is 2.20. The molecule has 0 aromatic heterocycles. The van der Waals surface area contributed by atoms with Crippen LogP contribution >= 0.6 is 0 Å². The Morgan fingerprint density at radius 2 is 0.789 bits per heavy atom. The van der Waals surface area contributed by atoms with Crippen molar-refractivity contribution >= 4 is 38.6 Å². The molecule has 0 aliphatic heterocycles. The van der Waals surface area contributed by atoms with E-state index in [0.717, 1.165) is 50.3 Å². The van der Waals surface area contributed by atoms with Crippen LogP contribution in [0, 0.1) is 0 Å². The Labute approximate surface area is 338 Å². The van der Waals surface area contributed by atoms with Gasteiger partial charge in [-0.25, -0.2) is 0 Å². The second-order valence-corrected chi connectivity index (χ2v) is 14.2. The molecule has 0 heterocycles. The van der Waals surface area contributed by atoms with Gasteiger partial charge in [-0.1, -0.05) is 200 Å². The van der Waals surface area contributed by atoms with Crippen LogP contribution in [-0.2, 0) is 0 Å². The summed E-state index contributed by atoms with van der Waals surface area (Å²) in [6.45, 7) is 0. The summed E-state index contributed by atoms with van der Waals surface area (Å²) >= 11 is 0. The van der Waals surface area contributed by atoms with Crippen LogP contribution < -0.4 is 4.90 Å². The molecule has 1 nitrogen and oxygen atoms in total. The zero-order valence-electron chi connectivity index (χ0n) is 34.2. The first-order valence-electron chi connectivity index (χ1n) is 20.9. The Morgan fingerprint density at radius 3 is 1.44 bits per heavy atom. The van der Waals surface area contributed by atoms with Crippen LogP contribution in [0.25, 0.3) is 77.2 Å². The molecule has 0 atom stereocenters. The number of hydrogen-bond acceptors (Lipinski definition) is 1. The number of rotatable bonds is 8. The fourth-order valence-electron chi connectivity index (χ4n) is 8.02. The molecule has 0 saturated heterocycles. The van der Waals surface area contributed by atoms with Crippen molar-refractivity contribution in [3.63, 3.8) is 0 Å². The number of anilines is 3. The van der Waals surface area contributed by atoms with Crippen LogP contribution in [0.15, 0.2) is 237 Å². The Bertz CT molecular complexity index is 3140. The van der Waals surface area contributed by atoms with Crippen LogP contribution in [0.1, 0.15) is 4.11 Å². The molecule has 10 aromatic rings. The van der Waals surface area contributed by atoms with Crippen molar-refractivity contribution in [2.45, 2.75) is 0 Å². The summed E-state index contributed by atoms with van der Waals surface area (Å²) in [6, 6.07) is 75.0. The maximum absolute atomic E-state index is 9.83. The summed E-state index contributed by atoms with van der Waals surface area (Å²) in [6.07, 6.45) is 0. The maximum Gasteiger partial charge on any atom is 0.0645 e. The van der Waals surface area contributed by atoms with Crippen molar-refractivity contribution in [1.82, 2.24) is 0 Å². The lowest BCUT2D eigenvalue weighted by Crippen LogP contribution is -2.11. The topological polar surface area (TPSA) is 3.24 Å². The zero-order valence-corrected chi connectivity index (χ0v) is 31.2. The van der Waals surface area contributed by atoms with E-state index in [1.165, 1.54) is 27.1 Å². The fraction of sp³-hybridized carbons (Fsp3) is 0. The SMILES string of the molecule is [2H]c1c([2H])c(N(c2ccc(-c3ccc4ccccc4c3-c3ccccc3)cc2)c2ccc(-c3cccc4ccccc34)cc2)c(-c2ccccc2)c([2H])c1-c1ccccc1. The first-order valence-corrected chi connectivity index (χ1v) is 19.4. The van der Waals surface area contributed by atoms with Gasteiger partial charge in [0.15, 0.2) is 0 Å². The molecule has 10 rings (SSSR count). The van der Waals surface area contributed by atoms with Crippen molar-refractivity contribution in [1.29, 1.82) is 0 Å². The molecular formula is C56H39N. The van der Waals surface area contributed by atoms with Gasteiger partial charge in [-0.3, -0.25) is 0 Å². The maximum atomic E-state index is 9.83. The zero-order chi connectivity index (χ0) is 40.6. The van der Waals surface area contributed by atoms with Gasteiger partial charge in [0, 0.05) is 16.9 Å². The molecule has 0 radical (unpaired) electrons. The number of benzene rings is 10. The molecule has 0 saturated carbocycles. The largest absolute Gasteiger partial charge is 0.310 e. The summed E-state index contributed by atoms with van der Waals surface area (Å²) in [5.74, 6) is 0. The van der Waals surface area contributed by atoms with E-state index in [2.05, 4.69) is 157 Å². The van der Waals surface area contributed by atoms with Crippen LogP contribution in [-0.4, -0.2) is 0 Å². The minimum Gasteiger partial charge on any atom is -0.310 e. The van der Waals surface area contributed by atoms with E-state index in [4.69, 9.17) is 0 Å². The molecule has 0 amide bonds. The standard InChI is InChI=1S/C56H39N/c1-4-15-40(16-5-1)47-32-38-55(54(39-47)42-17-6-2-7-18-42)57(48-33-27-44(28-34-48)51-26-14-23-41-19-10-12-24-50(41)51)49-35-29-45(30-36-49)53-37-31-43-20-11-13-25-52(43)56(53)46-21-8-3-9-22-46/h1-39H/i32D,38D,39D. The van der Waals surface area contributed by atoms with Crippen molar-refractivity contribution in [3.05, 3.63) is 237 Å². The first kappa shape index (κ1) is 30.8. The van der Waals surface area contributed by atoms with Gasteiger partial charge in [0.25, 0.3) is 0 Å². The predicted molar refractivity (Wildman–Crippen MR) is 243 cm³/mol. The molecule has 0 fully saturated rings. The Kier molecular flexibility index (Phi) is 8.10. The number of nitrogens with zero attached hydrogens (tertiary/aromatic N) is 1. The lowest BCUT2D eigenvalue weighted by atomic mass is 9.89. The van der Waals surface area contributed by atoms with E-state index in [1.54, 1.807) is 0 Å². The fourth-order valence-corrected chi connectivity index (χ4v) is 8.02. The third kappa shape index (κ3) is 6.56. The molecule has 0 unspecified atom stereocenters. The van der Waals surface area contributed by atoms with Crippen molar-refractivity contribution in [3.8, 4) is 55.6 Å². The Hall–Kier alpha value is -7.48. The summed E-state index contributed by atoms with van der Waals surface area (Å²) in [5, 5.41) is 4.73. The summed E-state index contributed by atoms with van der Waals surface area (Å²) < 4.78 is 29.2. The monoisotopic (exact) mass is 728 g/mol. The van der Waals surface area contributed by atoms with Crippen LogP contribution in [0.4, 0.5) is 17.1 Å². The second kappa shape index (κ2) is 15.0. The Morgan fingerprint density at radius 1 is 0.298 bits per heavy atom. The molecule has 10 aromatic carbocycles. The van der Waals surface area contributed by atoms with Crippen LogP contribution in [0.2, 0.25) is 0 Å². The third-order valence-corrected chi connectivity index (χ3v) is 10.8. The van der Waals surface area contributed by atoms with Crippen molar-refractivity contribution in [2.75, 3.05) is 4.90 Å². The average Bonchev–Trinajstić information content (AvgIpc) is 3.31. The average molecular weight is 729 g/mol. The third-order valence-electron chi connectivity index (χ3n) is 10.8. The molecule has 0 aliphatic rings. The van der Waals surface area contributed by atoms with Gasteiger partial charge < -0.3 is 4.90 Å². The molecule has 0 bridgehead atoms. The normalized spacial score (nSPS) is 11.9. The van der Waals surface area contributed by atoms with E-state index in [9.17, 15) is 4.11 Å². The van der Waals surface area contributed by atoms with Gasteiger partial charge >= 0.3 is 0 Å². The molecule has 0 aliphatic carbocycles. The summed E-state index contributed by atoms with van der Waals surface area (Å²) in [7, 11) is 0. The summed E-state index contributed by atoms with van der Waals surface area (Å²) in [5.41, 5.74) is 11.4. The van der Waals surface area contributed by atoms with E-state index in [1.807, 2.05) is 66.7 Å². The van der Waals surface area contributed by atoms with Gasteiger partial charge in [-0.15, -0.1) is 0 Å². The van der Waals surface area contributed by atoms with Crippen LogP contribution in [0.5, 0.6) is 0 Å². The second-order valence-electron chi connectivity index (χ2n) is 14.2. The van der Waals surface area contributed by atoms with Gasteiger partial charge in [0.05, 0.1) is 9.80 Å². The van der Waals surface area contributed by atoms with Crippen molar-refractivity contribution < 1.29 is 4.11 Å². The lowest BCUT2D eigenvalue weighted by molar-refractivity contribution is 1.28. The number of hydrogen-bond donors (Lipinski definition) is 0. The van der Waals surface area contributed by atoms with Gasteiger partial charge in [-0.2, -0.15) is 0 Å². The van der Waals surface area contributed by atoms with E-state index in [-0.39, 0.29) is 18.1 Å². The highest BCUT2D eigenvalue weighted by atomic mass is 15.1. The molecule has 1 heteroatoms. The minimum absolute atomic E-state index is 0.0125. The summed E-state index contributed by atoms with van der Waals surface area (Å²) in [4.78, 5) is 2.06. The van der Waals surface area contributed by atoms with Gasteiger partial charge in [0.1, 0.15) is 0 Å². The van der Waals surface area contributed by atoms with E-state index < -0.39 is 0 Å². The first-order chi connectivity index (χ1) is 29.5. The van der Waals surface area contributed by atoms with E-state index >= 15 is 0 Å². The molecule has 0 spiro atoms. The smallest absolute Gasteiger partial charge is 0.0645 e. The molecule has 57 heavy (non-hydrogen) atoms. The highest BCUT2D eigenvalue weighted by Crippen LogP contribution is 2.45. The molecule has 268 valence electrons. The van der Waals surface area contributed by atoms with Crippen molar-refractivity contribution in [2.24, 2.45) is 0 Å².